The number of hydrogen-bond acceptors (Lipinski definition) is 2. The Morgan fingerprint density at radius 2 is 2.23 bits per heavy atom. The van der Waals surface area contributed by atoms with E-state index in [-0.39, 0.29) is 0 Å². The van der Waals surface area contributed by atoms with Gasteiger partial charge in [-0.25, -0.2) is 0 Å². The van der Waals surface area contributed by atoms with Crippen molar-refractivity contribution in [2.75, 3.05) is 6.54 Å². The highest BCUT2D eigenvalue weighted by Gasteiger charge is 2.26. The number of fused-ring (bicyclic) bond motifs is 1. The highest BCUT2D eigenvalue weighted by molar-refractivity contribution is 8.07. The van der Waals surface area contributed by atoms with Crippen molar-refractivity contribution in [3.63, 3.8) is 0 Å². The van der Waals surface area contributed by atoms with Crippen LogP contribution in [0.1, 0.15) is 26.7 Å². The Labute approximate surface area is 84.2 Å². The van der Waals surface area contributed by atoms with Gasteiger partial charge in [-0.05, 0) is 26.7 Å². The average molecular weight is 193 g/mol. The molecule has 0 spiro atoms. The molecule has 0 atom stereocenters. The minimum atomic E-state index is 1.08. The fourth-order valence-electron chi connectivity index (χ4n) is 1.80. The molecule has 13 heavy (non-hydrogen) atoms. The molecule has 1 aliphatic carbocycles. The number of thioether (sulfide) groups is 1. The van der Waals surface area contributed by atoms with Crippen LogP contribution in [0.2, 0.25) is 0 Å². The Morgan fingerprint density at radius 1 is 1.46 bits per heavy atom. The number of nitrogens with zero attached hydrogens (tertiary/aromatic N) is 1. The second-order valence-electron chi connectivity index (χ2n) is 3.21. The van der Waals surface area contributed by atoms with E-state index in [0.717, 1.165) is 6.54 Å². The number of likely N-dealkylation sites (N-methyl/N-ethyl adjacent to an activating group) is 1. The molecule has 0 radical (unpaired) electrons. The number of allylic oxidation sites excluding steroid dienone is 3. The predicted molar refractivity (Wildman–Crippen MR) is 59.1 cm³/mol. The molecule has 70 valence electrons. The van der Waals surface area contributed by atoms with Crippen LogP contribution >= 0.6 is 11.8 Å². The van der Waals surface area contributed by atoms with Gasteiger partial charge in [-0.1, -0.05) is 30.0 Å². The van der Waals surface area contributed by atoms with Crippen LogP contribution in [-0.4, -0.2) is 11.4 Å². The van der Waals surface area contributed by atoms with Crippen molar-refractivity contribution < 1.29 is 0 Å². The molecule has 0 saturated carbocycles. The van der Waals surface area contributed by atoms with Gasteiger partial charge in [-0.3, -0.25) is 0 Å². The van der Waals surface area contributed by atoms with Crippen molar-refractivity contribution in [2.24, 2.45) is 0 Å². The third-order valence-corrected chi connectivity index (χ3v) is 3.68. The van der Waals surface area contributed by atoms with Crippen molar-refractivity contribution in [1.29, 1.82) is 0 Å². The molecule has 0 aromatic carbocycles. The maximum atomic E-state index is 2.40. The maximum absolute atomic E-state index is 2.40. The first-order chi connectivity index (χ1) is 6.36. The molecule has 2 aliphatic rings. The van der Waals surface area contributed by atoms with Gasteiger partial charge >= 0.3 is 0 Å². The zero-order valence-corrected chi connectivity index (χ0v) is 9.03. The van der Waals surface area contributed by atoms with E-state index in [0.29, 0.717) is 0 Å². The van der Waals surface area contributed by atoms with E-state index in [1.807, 2.05) is 11.8 Å². The van der Waals surface area contributed by atoms with Crippen LogP contribution in [0.5, 0.6) is 0 Å². The van der Waals surface area contributed by atoms with E-state index >= 15 is 0 Å². The van der Waals surface area contributed by atoms with Crippen LogP contribution in [0.25, 0.3) is 0 Å². The fourth-order valence-corrected chi connectivity index (χ4v) is 2.98. The Kier molecular flexibility index (Phi) is 2.49. The highest BCUT2D eigenvalue weighted by Crippen LogP contribution is 2.46. The summed E-state index contributed by atoms with van der Waals surface area (Å²) in [5.74, 6) is 0. The Hall–Kier alpha value is -0.630. The van der Waals surface area contributed by atoms with Crippen molar-refractivity contribution in [1.82, 2.24) is 4.90 Å². The molecule has 1 fully saturated rings. The quantitative estimate of drug-likeness (QED) is 0.627. The van der Waals surface area contributed by atoms with E-state index in [9.17, 15) is 0 Å². The summed E-state index contributed by atoms with van der Waals surface area (Å²) in [4.78, 5) is 3.86. The summed E-state index contributed by atoms with van der Waals surface area (Å²) in [6.07, 6.45) is 9.34. The van der Waals surface area contributed by atoms with Crippen molar-refractivity contribution in [3.05, 3.63) is 33.9 Å². The van der Waals surface area contributed by atoms with Crippen LogP contribution in [0.3, 0.4) is 0 Å². The van der Waals surface area contributed by atoms with Crippen molar-refractivity contribution in [2.45, 2.75) is 26.7 Å². The molecule has 0 aromatic heterocycles. The van der Waals surface area contributed by atoms with Crippen molar-refractivity contribution in [3.8, 4) is 0 Å². The molecule has 2 rings (SSSR count). The van der Waals surface area contributed by atoms with Crippen molar-refractivity contribution >= 4 is 11.8 Å². The van der Waals surface area contributed by atoms with Gasteiger partial charge in [0.1, 0.15) is 0 Å². The largest absolute Gasteiger partial charge is 0.336 e. The second-order valence-corrected chi connectivity index (χ2v) is 4.27. The molecule has 2 heteroatoms. The normalized spacial score (nSPS) is 24.5. The lowest BCUT2D eigenvalue weighted by atomic mass is 10.1. The SMILES string of the molecule is C/C=C1\SC2=CCCC=C2N1CC. The first-order valence-electron chi connectivity index (χ1n) is 4.89. The van der Waals surface area contributed by atoms with Crippen LogP contribution in [0.4, 0.5) is 0 Å². The van der Waals surface area contributed by atoms with Crippen LogP contribution in [0.15, 0.2) is 33.9 Å². The zero-order valence-electron chi connectivity index (χ0n) is 8.21. The average Bonchev–Trinajstić information content (AvgIpc) is 2.55. The van der Waals surface area contributed by atoms with Gasteiger partial charge in [-0.2, -0.15) is 0 Å². The van der Waals surface area contributed by atoms with E-state index in [1.165, 1.54) is 28.5 Å². The lowest BCUT2D eigenvalue weighted by Gasteiger charge is -2.19. The topological polar surface area (TPSA) is 3.24 Å². The van der Waals surface area contributed by atoms with Gasteiger partial charge < -0.3 is 4.90 Å². The van der Waals surface area contributed by atoms with Crippen LogP contribution in [-0.2, 0) is 0 Å². The van der Waals surface area contributed by atoms with E-state index in [4.69, 9.17) is 0 Å². The maximum Gasteiger partial charge on any atom is 0.0757 e. The standard InChI is InChI=1S/C11H15NS/c1-3-11-12(4-2)9-7-5-6-8-10(9)13-11/h3,7-8H,4-6H2,1-2H3/b11-3-. The van der Waals surface area contributed by atoms with E-state index in [2.05, 4.69) is 37.0 Å². The third-order valence-electron chi connectivity index (χ3n) is 2.42. The van der Waals surface area contributed by atoms with Crippen LogP contribution in [0, 0.1) is 0 Å². The van der Waals surface area contributed by atoms with E-state index in [1.54, 1.807) is 0 Å². The number of rotatable bonds is 1. The third kappa shape index (κ3) is 1.44. The molecule has 0 aromatic rings. The highest BCUT2D eigenvalue weighted by atomic mass is 32.2. The van der Waals surface area contributed by atoms with Gasteiger partial charge in [0, 0.05) is 11.4 Å². The molecule has 1 nitrogen and oxygen atoms in total. The summed E-state index contributed by atoms with van der Waals surface area (Å²) in [7, 11) is 0. The zero-order chi connectivity index (χ0) is 9.26. The fraction of sp³-hybridized carbons (Fsp3) is 0.455. The molecule has 0 unspecified atom stereocenters. The lowest BCUT2D eigenvalue weighted by molar-refractivity contribution is 0.497. The summed E-state index contributed by atoms with van der Waals surface area (Å²) in [5.41, 5.74) is 1.44. The van der Waals surface area contributed by atoms with Gasteiger partial charge in [0.25, 0.3) is 0 Å². The van der Waals surface area contributed by atoms with Crippen LogP contribution < -0.4 is 0 Å². The van der Waals surface area contributed by atoms with E-state index < -0.39 is 0 Å². The lowest BCUT2D eigenvalue weighted by Crippen LogP contribution is -2.15. The summed E-state index contributed by atoms with van der Waals surface area (Å²) in [6.45, 7) is 5.40. The second kappa shape index (κ2) is 3.62. The minimum absolute atomic E-state index is 1.08. The molecule has 1 saturated heterocycles. The molecule has 0 N–H and O–H groups in total. The smallest absolute Gasteiger partial charge is 0.0757 e. The molecular formula is C11H15NS. The Balaban J connectivity index is 2.35. The van der Waals surface area contributed by atoms with Gasteiger partial charge in [-0.15, -0.1) is 0 Å². The minimum Gasteiger partial charge on any atom is -0.336 e. The Morgan fingerprint density at radius 3 is 2.92 bits per heavy atom. The first kappa shape index (κ1) is 8.95. The Bertz CT molecular complexity index is 299. The summed E-state index contributed by atoms with van der Waals surface area (Å²) in [5, 5.41) is 1.39. The molecule has 1 heterocycles. The summed E-state index contributed by atoms with van der Waals surface area (Å²) in [6, 6.07) is 0. The summed E-state index contributed by atoms with van der Waals surface area (Å²) >= 11 is 1.91. The predicted octanol–water partition coefficient (Wildman–Crippen LogP) is 3.48. The van der Waals surface area contributed by atoms with Gasteiger partial charge in [0.2, 0.25) is 0 Å². The monoisotopic (exact) mass is 193 g/mol. The summed E-state index contributed by atoms with van der Waals surface area (Å²) < 4.78 is 0. The molecule has 0 bridgehead atoms. The van der Waals surface area contributed by atoms with Gasteiger partial charge in [0.15, 0.2) is 0 Å². The molecule has 1 aliphatic heterocycles. The molecular weight excluding hydrogens is 178 g/mol. The molecule has 0 amide bonds. The first-order valence-corrected chi connectivity index (χ1v) is 5.71. The van der Waals surface area contributed by atoms with Gasteiger partial charge in [0.05, 0.1) is 10.7 Å². The number of hydrogen-bond donors (Lipinski definition) is 0.